The molecule has 1 amide bonds. The molecule has 120 valence electrons. The van der Waals surface area contributed by atoms with E-state index in [2.05, 4.69) is 15.3 Å². The molecule has 0 saturated carbocycles. The van der Waals surface area contributed by atoms with Crippen LogP contribution in [-0.2, 0) is 11.3 Å². The highest BCUT2D eigenvalue weighted by atomic mass is 16.5. The first kappa shape index (κ1) is 14.1. The number of pyridine rings is 1. The molecule has 2 unspecified atom stereocenters. The second-order valence-corrected chi connectivity index (χ2v) is 5.69. The minimum Gasteiger partial charge on any atom is -0.480 e. The Kier molecular flexibility index (Phi) is 3.45. The predicted octanol–water partition coefficient (Wildman–Crippen LogP) is 0.668. The summed E-state index contributed by atoms with van der Waals surface area (Å²) < 4.78 is 12.9. The van der Waals surface area contributed by atoms with Gasteiger partial charge in [-0.2, -0.15) is 0 Å². The zero-order chi connectivity index (χ0) is 15.8. The van der Waals surface area contributed by atoms with E-state index in [0.29, 0.717) is 31.1 Å². The van der Waals surface area contributed by atoms with Gasteiger partial charge in [-0.25, -0.2) is 9.67 Å². The summed E-state index contributed by atoms with van der Waals surface area (Å²) in [6.07, 6.45) is 4.17. The van der Waals surface area contributed by atoms with E-state index in [4.69, 9.17) is 9.47 Å². The molecule has 8 heteroatoms. The lowest BCUT2D eigenvalue weighted by Gasteiger charge is -2.41. The number of piperidine rings is 1. The Balaban J connectivity index is 1.59. The van der Waals surface area contributed by atoms with E-state index < -0.39 is 0 Å². The van der Waals surface area contributed by atoms with Crippen molar-refractivity contribution in [1.82, 2.24) is 24.9 Å². The number of ether oxygens (including phenoxy) is 2. The number of carbonyl (C=O) groups is 1. The minimum absolute atomic E-state index is 0.00150. The van der Waals surface area contributed by atoms with Crippen molar-refractivity contribution in [1.29, 1.82) is 0 Å². The molecule has 4 heterocycles. The van der Waals surface area contributed by atoms with Gasteiger partial charge in [-0.1, -0.05) is 5.21 Å². The molecule has 0 N–H and O–H groups in total. The average Bonchev–Trinajstić information content (AvgIpc) is 3.09. The lowest BCUT2D eigenvalue weighted by atomic mass is 9.99. The largest absolute Gasteiger partial charge is 0.480 e. The van der Waals surface area contributed by atoms with Crippen LogP contribution in [0.2, 0.25) is 0 Å². The third-order valence-electron chi connectivity index (χ3n) is 4.41. The first-order chi connectivity index (χ1) is 11.3. The monoisotopic (exact) mass is 315 g/mol. The maximum atomic E-state index is 12.8. The van der Waals surface area contributed by atoms with Crippen LogP contribution >= 0.6 is 0 Å². The topological polar surface area (TPSA) is 82.4 Å². The van der Waals surface area contributed by atoms with E-state index in [9.17, 15) is 4.79 Å². The molecular weight excluding hydrogens is 298 g/mol. The number of rotatable bonds is 2. The van der Waals surface area contributed by atoms with Gasteiger partial charge >= 0.3 is 0 Å². The van der Waals surface area contributed by atoms with E-state index in [1.54, 1.807) is 29.4 Å². The molecule has 0 aromatic carbocycles. The van der Waals surface area contributed by atoms with Crippen molar-refractivity contribution >= 4 is 5.91 Å². The van der Waals surface area contributed by atoms with Crippen LogP contribution in [0.1, 0.15) is 28.5 Å². The van der Waals surface area contributed by atoms with Gasteiger partial charge in [0, 0.05) is 19.3 Å². The van der Waals surface area contributed by atoms with Crippen LogP contribution in [-0.4, -0.2) is 57.1 Å². The molecule has 2 aliphatic heterocycles. The summed E-state index contributed by atoms with van der Waals surface area (Å²) >= 11 is 0. The third-order valence-corrected chi connectivity index (χ3v) is 4.41. The molecule has 2 atom stereocenters. The normalized spacial score (nSPS) is 23.1. The quantitative estimate of drug-likeness (QED) is 0.810. The zero-order valence-electron chi connectivity index (χ0n) is 12.8. The summed E-state index contributed by atoms with van der Waals surface area (Å²) in [5.74, 6) is 0.265. The Morgan fingerprint density at radius 2 is 2.39 bits per heavy atom. The summed E-state index contributed by atoms with van der Waals surface area (Å²) in [5.41, 5.74) is 1.42. The Morgan fingerprint density at radius 1 is 1.48 bits per heavy atom. The second kappa shape index (κ2) is 5.62. The van der Waals surface area contributed by atoms with Gasteiger partial charge in [-0.05, 0) is 18.6 Å². The molecular formula is C15H17N5O3. The molecule has 8 nitrogen and oxygen atoms in total. The molecule has 4 rings (SSSR count). The fourth-order valence-corrected chi connectivity index (χ4v) is 3.25. The first-order valence-electron chi connectivity index (χ1n) is 7.57. The molecule has 23 heavy (non-hydrogen) atoms. The van der Waals surface area contributed by atoms with Crippen molar-refractivity contribution in [2.75, 3.05) is 20.2 Å². The standard InChI is InChI=1S/C15H17N5O3/c1-22-14-11(3-2-5-16-14)15(21)19-6-4-13-12(8-19)20-10(9-23-13)7-17-18-20/h2-3,5,7,12-13H,4,6,8-9H2,1H3. The lowest BCUT2D eigenvalue weighted by Crippen LogP contribution is -2.50. The van der Waals surface area contributed by atoms with Crippen molar-refractivity contribution in [3.05, 3.63) is 35.8 Å². The molecule has 0 spiro atoms. The van der Waals surface area contributed by atoms with Gasteiger partial charge in [0.1, 0.15) is 5.56 Å². The fourth-order valence-electron chi connectivity index (χ4n) is 3.25. The van der Waals surface area contributed by atoms with Crippen LogP contribution in [0.15, 0.2) is 24.5 Å². The Bertz CT molecular complexity index is 731. The molecule has 1 saturated heterocycles. The Morgan fingerprint density at radius 3 is 3.26 bits per heavy atom. The summed E-state index contributed by atoms with van der Waals surface area (Å²) in [6.45, 7) is 1.71. The van der Waals surface area contributed by atoms with Crippen LogP contribution < -0.4 is 4.74 Å². The van der Waals surface area contributed by atoms with Crippen molar-refractivity contribution in [3.8, 4) is 5.88 Å². The van der Waals surface area contributed by atoms with Crippen LogP contribution in [0.3, 0.4) is 0 Å². The molecule has 2 aliphatic rings. The van der Waals surface area contributed by atoms with Crippen LogP contribution in [0, 0.1) is 0 Å². The highest BCUT2D eigenvalue weighted by Gasteiger charge is 2.38. The average molecular weight is 315 g/mol. The number of aromatic nitrogens is 4. The van der Waals surface area contributed by atoms with Crippen molar-refractivity contribution in [2.45, 2.75) is 25.2 Å². The Labute approximate surface area is 133 Å². The number of amides is 1. The maximum absolute atomic E-state index is 12.8. The number of methoxy groups -OCH3 is 1. The van der Waals surface area contributed by atoms with E-state index in [1.807, 2.05) is 4.68 Å². The van der Waals surface area contributed by atoms with Crippen LogP contribution in [0.5, 0.6) is 5.88 Å². The van der Waals surface area contributed by atoms with Gasteiger partial charge in [0.15, 0.2) is 0 Å². The zero-order valence-corrected chi connectivity index (χ0v) is 12.8. The summed E-state index contributed by atoms with van der Waals surface area (Å²) in [4.78, 5) is 18.7. The van der Waals surface area contributed by atoms with E-state index >= 15 is 0 Å². The number of hydrogen-bond donors (Lipinski definition) is 0. The fraction of sp³-hybridized carbons (Fsp3) is 0.467. The molecule has 1 fully saturated rings. The van der Waals surface area contributed by atoms with Crippen LogP contribution in [0.25, 0.3) is 0 Å². The summed E-state index contributed by atoms with van der Waals surface area (Å²) in [6, 6.07) is 3.47. The molecule has 0 bridgehead atoms. The van der Waals surface area contributed by atoms with Crippen LogP contribution in [0.4, 0.5) is 0 Å². The number of hydrogen-bond acceptors (Lipinski definition) is 6. The Hall–Kier alpha value is -2.48. The van der Waals surface area contributed by atoms with Gasteiger partial charge < -0.3 is 14.4 Å². The maximum Gasteiger partial charge on any atom is 0.259 e. The number of carbonyl (C=O) groups excluding carboxylic acids is 1. The van der Waals surface area contributed by atoms with E-state index in [-0.39, 0.29) is 18.1 Å². The van der Waals surface area contributed by atoms with Gasteiger partial charge in [0.2, 0.25) is 5.88 Å². The number of nitrogens with zero attached hydrogens (tertiary/aromatic N) is 5. The molecule has 2 aromatic heterocycles. The van der Waals surface area contributed by atoms with Gasteiger partial charge in [-0.15, -0.1) is 5.10 Å². The summed E-state index contributed by atoms with van der Waals surface area (Å²) in [7, 11) is 1.52. The molecule has 2 aromatic rings. The van der Waals surface area contributed by atoms with Crippen molar-refractivity contribution in [3.63, 3.8) is 0 Å². The smallest absolute Gasteiger partial charge is 0.259 e. The van der Waals surface area contributed by atoms with E-state index in [1.165, 1.54) is 7.11 Å². The second-order valence-electron chi connectivity index (χ2n) is 5.69. The summed E-state index contributed by atoms with van der Waals surface area (Å²) in [5, 5.41) is 8.10. The van der Waals surface area contributed by atoms with Gasteiger partial charge in [0.25, 0.3) is 5.91 Å². The molecule has 0 radical (unpaired) electrons. The van der Waals surface area contributed by atoms with Gasteiger partial charge in [0.05, 0.1) is 37.8 Å². The van der Waals surface area contributed by atoms with Crippen molar-refractivity contribution < 1.29 is 14.3 Å². The van der Waals surface area contributed by atoms with Gasteiger partial charge in [-0.3, -0.25) is 4.79 Å². The lowest BCUT2D eigenvalue weighted by molar-refractivity contribution is -0.0605. The highest BCUT2D eigenvalue weighted by molar-refractivity contribution is 5.96. The third kappa shape index (κ3) is 2.35. The number of likely N-dealkylation sites (tertiary alicyclic amines) is 1. The molecule has 0 aliphatic carbocycles. The SMILES string of the molecule is COc1ncccc1C(=O)N1CCC2OCc3cnnn3C2C1. The van der Waals surface area contributed by atoms with E-state index in [0.717, 1.165) is 12.1 Å². The minimum atomic E-state index is -0.0827. The number of fused-ring (bicyclic) bond motifs is 3. The highest BCUT2D eigenvalue weighted by Crippen LogP contribution is 2.31. The van der Waals surface area contributed by atoms with Crippen molar-refractivity contribution in [2.24, 2.45) is 0 Å². The first-order valence-corrected chi connectivity index (χ1v) is 7.57. The predicted molar refractivity (Wildman–Crippen MR) is 78.9 cm³/mol.